The Balaban J connectivity index is 2.04. The van der Waals surface area contributed by atoms with Crippen LogP contribution in [-0.4, -0.2) is 23.1 Å². The third-order valence-corrected chi connectivity index (χ3v) is 3.84. The summed E-state index contributed by atoms with van der Waals surface area (Å²) in [6.07, 6.45) is 6.21. The molecule has 0 radical (unpaired) electrons. The van der Waals surface area contributed by atoms with E-state index in [4.69, 9.17) is 17.3 Å². The fourth-order valence-corrected chi connectivity index (χ4v) is 2.53. The summed E-state index contributed by atoms with van der Waals surface area (Å²) in [4.78, 5) is 8.76. The van der Waals surface area contributed by atoms with Crippen molar-refractivity contribution in [3.63, 3.8) is 0 Å². The first-order valence-electron chi connectivity index (χ1n) is 6.74. The van der Waals surface area contributed by atoms with Crippen LogP contribution in [0.1, 0.15) is 18.4 Å². The molecule has 5 heteroatoms. The Bertz CT molecular complexity index is 664. The summed E-state index contributed by atoms with van der Waals surface area (Å²) in [6.45, 7) is 0. The van der Waals surface area contributed by atoms with Crippen molar-refractivity contribution in [3.8, 4) is 0 Å². The molecule has 20 heavy (non-hydrogen) atoms. The normalized spacial score (nSPS) is 17.2. The topological polar surface area (TPSA) is 63.8 Å². The Hall–Kier alpha value is -1.65. The van der Waals surface area contributed by atoms with Crippen LogP contribution in [0.4, 0.5) is 0 Å². The lowest BCUT2D eigenvalue weighted by Crippen LogP contribution is -2.25. The fourth-order valence-electron chi connectivity index (χ4n) is 2.38. The zero-order chi connectivity index (χ0) is 14.1. The number of nitrogens with two attached hydrogens (primary N) is 1. The van der Waals surface area contributed by atoms with Crippen LogP contribution in [0, 0.1) is 5.92 Å². The van der Waals surface area contributed by atoms with E-state index in [2.05, 4.69) is 15.3 Å². The summed E-state index contributed by atoms with van der Waals surface area (Å²) in [5.74, 6) is 0.581. The average Bonchev–Trinajstić information content (AvgIpc) is 3.28. The van der Waals surface area contributed by atoms with Gasteiger partial charge in [-0.05, 0) is 42.5 Å². The molecule has 0 spiro atoms. The summed E-state index contributed by atoms with van der Waals surface area (Å²) in [5.41, 5.74) is 10.0. The van der Waals surface area contributed by atoms with Crippen LogP contribution >= 0.6 is 11.6 Å². The van der Waals surface area contributed by atoms with Gasteiger partial charge >= 0.3 is 0 Å². The first-order valence-corrected chi connectivity index (χ1v) is 7.12. The second kappa shape index (κ2) is 5.38. The minimum absolute atomic E-state index is 0.0425. The van der Waals surface area contributed by atoms with Gasteiger partial charge in [0.15, 0.2) is 0 Å². The molecule has 2 heterocycles. The van der Waals surface area contributed by atoms with Crippen molar-refractivity contribution >= 4 is 28.2 Å². The van der Waals surface area contributed by atoms with Crippen molar-refractivity contribution in [1.82, 2.24) is 15.3 Å². The summed E-state index contributed by atoms with van der Waals surface area (Å²) in [5, 5.41) is 3.55. The monoisotopic (exact) mass is 288 g/mol. The Kier molecular flexibility index (Phi) is 3.59. The number of fused-ring (bicyclic) bond motifs is 1. The van der Waals surface area contributed by atoms with Crippen LogP contribution in [-0.2, 0) is 0 Å². The van der Waals surface area contributed by atoms with Gasteiger partial charge in [0.2, 0.25) is 0 Å². The van der Waals surface area contributed by atoms with Gasteiger partial charge in [0.25, 0.3) is 0 Å². The van der Waals surface area contributed by atoms with Crippen molar-refractivity contribution < 1.29 is 0 Å². The van der Waals surface area contributed by atoms with Crippen molar-refractivity contribution in [2.45, 2.75) is 18.9 Å². The van der Waals surface area contributed by atoms with Crippen molar-refractivity contribution in [1.29, 1.82) is 0 Å². The lowest BCUT2D eigenvalue weighted by Gasteiger charge is -2.16. The maximum absolute atomic E-state index is 6.33. The quantitative estimate of drug-likeness (QED) is 0.849. The summed E-state index contributed by atoms with van der Waals surface area (Å²) >= 11 is 5.94. The number of rotatable bonds is 4. The van der Waals surface area contributed by atoms with E-state index in [-0.39, 0.29) is 6.04 Å². The largest absolute Gasteiger partial charge is 0.394 e. The molecule has 3 N–H and O–H groups in total. The number of nitrogens with zero attached hydrogens (tertiary/aromatic N) is 2. The maximum Gasteiger partial charge on any atom is 0.129 e. The van der Waals surface area contributed by atoms with Crippen molar-refractivity contribution in [2.24, 2.45) is 11.7 Å². The first kappa shape index (κ1) is 13.3. The molecule has 1 saturated carbocycles. The van der Waals surface area contributed by atoms with Gasteiger partial charge in [-0.25, -0.2) is 4.98 Å². The van der Waals surface area contributed by atoms with E-state index in [9.17, 15) is 0 Å². The van der Waals surface area contributed by atoms with Gasteiger partial charge in [0, 0.05) is 31.0 Å². The van der Waals surface area contributed by atoms with Crippen molar-refractivity contribution in [3.05, 3.63) is 41.3 Å². The zero-order valence-electron chi connectivity index (χ0n) is 11.3. The number of halogens is 1. The smallest absolute Gasteiger partial charge is 0.129 e. The van der Waals surface area contributed by atoms with Gasteiger partial charge in [0.1, 0.15) is 5.15 Å². The van der Waals surface area contributed by atoms with Gasteiger partial charge in [-0.1, -0.05) is 11.6 Å². The average molecular weight is 289 g/mol. The van der Waals surface area contributed by atoms with E-state index in [1.807, 2.05) is 31.6 Å². The SMILES string of the molecule is CN/C=C(/c1cnc2ccc(Cl)nc2c1)C(N)C1CC1. The number of pyridine rings is 2. The van der Waals surface area contributed by atoms with Gasteiger partial charge < -0.3 is 11.1 Å². The van der Waals surface area contributed by atoms with Crippen LogP contribution in [0.3, 0.4) is 0 Å². The van der Waals surface area contributed by atoms with Crippen molar-refractivity contribution in [2.75, 3.05) is 7.05 Å². The fraction of sp³-hybridized carbons (Fsp3) is 0.333. The highest BCUT2D eigenvalue weighted by Crippen LogP contribution is 2.37. The van der Waals surface area contributed by atoms with Gasteiger partial charge in [-0.2, -0.15) is 0 Å². The predicted molar refractivity (Wildman–Crippen MR) is 82.3 cm³/mol. The molecule has 3 rings (SSSR count). The molecular formula is C15H17ClN4. The molecule has 2 aromatic heterocycles. The molecule has 104 valence electrons. The van der Waals surface area contributed by atoms with E-state index in [0.29, 0.717) is 11.1 Å². The van der Waals surface area contributed by atoms with E-state index >= 15 is 0 Å². The molecule has 1 aliphatic carbocycles. The van der Waals surface area contributed by atoms with Crippen LogP contribution in [0.2, 0.25) is 5.15 Å². The minimum atomic E-state index is 0.0425. The molecule has 0 aliphatic heterocycles. The Labute approximate surface area is 123 Å². The molecule has 4 nitrogen and oxygen atoms in total. The molecule has 1 unspecified atom stereocenters. The Morgan fingerprint density at radius 3 is 2.95 bits per heavy atom. The second-order valence-corrected chi connectivity index (χ2v) is 5.54. The molecule has 1 aliphatic rings. The highest BCUT2D eigenvalue weighted by molar-refractivity contribution is 6.29. The number of hydrogen-bond acceptors (Lipinski definition) is 4. The summed E-state index contributed by atoms with van der Waals surface area (Å²) in [6, 6.07) is 5.66. The van der Waals surface area contributed by atoms with E-state index in [0.717, 1.165) is 22.2 Å². The molecule has 1 atom stereocenters. The zero-order valence-corrected chi connectivity index (χ0v) is 12.1. The van der Waals surface area contributed by atoms with Crippen LogP contribution in [0.25, 0.3) is 16.6 Å². The molecule has 0 bridgehead atoms. The van der Waals surface area contributed by atoms with Crippen LogP contribution < -0.4 is 11.1 Å². The minimum Gasteiger partial charge on any atom is -0.394 e. The van der Waals surface area contributed by atoms with E-state index < -0.39 is 0 Å². The highest BCUT2D eigenvalue weighted by Gasteiger charge is 2.31. The lowest BCUT2D eigenvalue weighted by molar-refractivity contribution is 0.723. The summed E-state index contributed by atoms with van der Waals surface area (Å²) in [7, 11) is 1.88. The third kappa shape index (κ3) is 2.62. The number of hydrogen-bond donors (Lipinski definition) is 2. The molecule has 0 aromatic carbocycles. The Morgan fingerprint density at radius 2 is 2.25 bits per heavy atom. The Morgan fingerprint density at radius 1 is 1.45 bits per heavy atom. The molecule has 0 saturated heterocycles. The molecular weight excluding hydrogens is 272 g/mol. The molecule has 1 fully saturated rings. The predicted octanol–water partition coefficient (Wildman–Crippen LogP) is 2.58. The number of nitrogens with one attached hydrogen (secondary N) is 1. The highest BCUT2D eigenvalue weighted by atomic mass is 35.5. The standard InChI is InChI=1S/C15H17ClN4/c1-18-8-11(15(17)9-2-3-9)10-6-13-12(19-7-10)4-5-14(16)20-13/h4-9,15,18H,2-3,17H2,1H3/b11-8-. The second-order valence-electron chi connectivity index (χ2n) is 5.15. The maximum atomic E-state index is 6.33. The van der Waals surface area contributed by atoms with Crippen LogP contribution in [0.15, 0.2) is 30.6 Å². The third-order valence-electron chi connectivity index (χ3n) is 3.63. The van der Waals surface area contributed by atoms with E-state index in [1.54, 1.807) is 6.07 Å². The first-order chi connectivity index (χ1) is 9.69. The van der Waals surface area contributed by atoms with Gasteiger partial charge in [-0.15, -0.1) is 0 Å². The summed E-state index contributed by atoms with van der Waals surface area (Å²) < 4.78 is 0. The lowest BCUT2D eigenvalue weighted by atomic mass is 9.97. The van der Waals surface area contributed by atoms with E-state index in [1.165, 1.54) is 12.8 Å². The van der Waals surface area contributed by atoms with Crippen LogP contribution in [0.5, 0.6) is 0 Å². The molecule has 0 amide bonds. The number of aromatic nitrogens is 2. The van der Waals surface area contributed by atoms with Gasteiger partial charge in [-0.3, -0.25) is 4.98 Å². The molecule has 2 aromatic rings. The van der Waals surface area contributed by atoms with Gasteiger partial charge in [0.05, 0.1) is 11.0 Å².